The molecule has 3 rings (SSSR count). The topological polar surface area (TPSA) is 72.8 Å². The second kappa shape index (κ2) is 4.83. The van der Waals surface area contributed by atoms with Crippen molar-refractivity contribution < 1.29 is 15.0 Å². The molecule has 1 atom stereocenters. The molecular weight excluding hydrogens is 244 g/mol. The van der Waals surface area contributed by atoms with Crippen molar-refractivity contribution in [1.82, 2.24) is 4.90 Å². The van der Waals surface area contributed by atoms with Crippen molar-refractivity contribution in [1.29, 1.82) is 0 Å². The summed E-state index contributed by atoms with van der Waals surface area (Å²) in [5, 5.41) is 21.2. The van der Waals surface area contributed by atoms with E-state index in [4.69, 9.17) is 5.11 Å². The van der Waals surface area contributed by atoms with Crippen molar-refractivity contribution in [3.63, 3.8) is 0 Å². The highest BCUT2D eigenvalue weighted by Crippen LogP contribution is 2.37. The first-order valence-electron chi connectivity index (χ1n) is 6.66. The van der Waals surface area contributed by atoms with E-state index in [-0.39, 0.29) is 19.1 Å². The maximum absolute atomic E-state index is 12.4. The fourth-order valence-electron chi connectivity index (χ4n) is 2.50. The minimum Gasteiger partial charge on any atom is -0.394 e. The van der Waals surface area contributed by atoms with Crippen molar-refractivity contribution in [2.75, 3.05) is 18.5 Å². The molecule has 0 saturated heterocycles. The fourth-order valence-corrected chi connectivity index (χ4v) is 2.50. The van der Waals surface area contributed by atoms with E-state index in [0.29, 0.717) is 12.6 Å². The maximum atomic E-state index is 12.4. The van der Waals surface area contributed by atoms with Crippen molar-refractivity contribution in [2.45, 2.75) is 31.5 Å². The molecule has 1 fully saturated rings. The van der Waals surface area contributed by atoms with Crippen LogP contribution >= 0.6 is 0 Å². The monoisotopic (exact) mass is 262 g/mol. The van der Waals surface area contributed by atoms with E-state index >= 15 is 0 Å². The summed E-state index contributed by atoms with van der Waals surface area (Å²) in [5.41, 5.74) is 2.51. The number of nitrogens with one attached hydrogen (secondary N) is 1. The van der Waals surface area contributed by atoms with Gasteiger partial charge in [0.25, 0.3) is 5.91 Å². The average Bonchev–Trinajstić information content (AvgIpc) is 3.21. The SMILES string of the molecule is O=C1c2c(cccc2NCC(O)CO)CN1C1CC1. The van der Waals surface area contributed by atoms with Crippen LogP contribution in [-0.4, -0.2) is 46.3 Å². The van der Waals surface area contributed by atoms with Crippen LogP contribution in [0.3, 0.4) is 0 Å². The zero-order valence-corrected chi connectivity index (χ0v) is 10.7. The first kappa shape index (κ1) is 12.4. The van der Waals surface area contributed by atoms with Gasteiger partial charge in [-0.15, -0.1) is 0 Å². The lowest BCUT2D eigenvalue weighted by Crippen LogP contribution is -2.27. The van der Waals surface area contributed by atoms with Crippen molar-refractivity contribution >= 4 is 11.6 Å². The Morgan fingerprint density at radius 1 is 1.42 bits per heavy atom. The zero-order chi connectivity index (χ0) is 13.4. The summed E-state index contributed by atoms with van der Waals surface area (Å²) in [6, 6.07) is 6.15. The summed E-state index contributed by atoms with van der Waals surface area (Å²) in [7, 11) is 0. The molecule has 1 aromatic rings. The Balaban J connectivity index is 1.80. The first-order valence-corrected chi connectivity index (χ1v) is 6.66. The van der Waals surface area contributed by atoms with Gasteiger partial charge in [0, 0.05) is 24.8 Å². The summed E-state index contributed by atoms with van der Waals surface area (Å²) < 4.78 is 0. The number of nitrogens with zero attached hydrogens (tertiary/aromatic N) is 1. The highest BCUT2D eigenvalue weighted by Gasteiger charge is 2.39. The lowest BCUT2D eigenvalue weighted by molar-refractivity contribution is 0.0767. The average molecular weight is 262 g/mol. The molecule has 2 aliphatic rings. The third-order valence-electron chi connectivity index (χ3n) is 3.69. The van der Waals surface area contributed by atoms with E-state index < -0.39 is 6.10 Å². The highest BCUT2D eigenvalue weighted by molar-refractivity contribution is 6.03. The van der Waals surface area contributed by atoms with E-state index in [9.17, 15) is 9.90 Å². The van der Waals surface area contributed by atoms with Gasteiger partial charge in [-0.05, 0) is 24.5 Å². The molecule has 0 radical (unpaired) electrons. The largest absolute Gasteiger partial charge is 0.394 e. The lowest BCUT2D eigenvalue weighted by Gasteiger charge is -2.15. The van der Waals surface area contributed by atoms with Crippen molar-refractivity contribution in [2.24, 2.45) is 0 Å². The van der Waals surface area contributed by atoms with Crippen molar-refractivity contribution in [3.05, 3.63) is 29.3 Å². The Kier molecular flexibility index (Phi) is 3.16. The minimum atomic E-state index is -0.813. The molecule has 0 aromatic heterocycles. The zero-order valence-electron chi connectivity index (χ0n) is 10.7. The number of carbonyl (C=O) groups is 1. The summed E-state index contributed by atoms with van der Waals surface area (Å²) in [6.07, 6.45) is 1.39. The van der Waals surface area contributed by atoms with Crippen LogP contribution < -0.4 is 5.32 Å². The van der Waals surface area contributed by atoms with E-state index in [1.807, 2.05) is 23.1 Å². The van der Waals surface area contributed by atoms with Gasteiger partial charge in [-0.3, -0.25) is 4.79 Å². The van der Waals surface area contributed by atoms with Gasteiger partial charge >= 0.3 is 0 Å². The molecule has 1 aromatic carbocycles. The molecule has 5 nitrogen and oxygen atoms in total. The number of anilines is 1. The second-order valence-electron chi connectivity index (χ2n) is 5.22. The van der Waals surface area contributed by atoms with Gasteiger partial charge < -0.3 is 20.4 Å². The summed E-state index contributed by atoms with van der Waals surface area (Å²) in [4.78, 5) is 14.3. The smallest absolute Gasteiger partial charge is 0.256 e. The summed E-state index contributed by atoms with van der Waals surface area (Å²) >= 11 is 0. The van der Waals surface area contributed by atoms with Crippen LogP contribution in [0.1, 0.15) is 28.8 Å². The molecule has 102 valence electrons. The number of carbonyl (C=O) groups excluding carboxylic acids is 1. The van der Waals surface area contributed by atoms with E-state index in [2.05, 4.69) is 5.32 Å². The highest BCUT2D eigenvalue weighted by atomic mass is 16.3. The van der Waals surface area contributed by atoms with Gasteiger partial charge in [0.1, 0.15) is 0 Å². The van der Waals surface area contributed by atoms with E-state index in [1.54, 1.807) is 0 Å². The quantitative estimate of drug-likeness (QED) is 0.725. The van der Waals surface area contributed by atoms with Crippen LogP contribution in [0.15, 0.2) is 18.2 Å². The molecule has 5 heteroatoms. The van der Waals surface area contributed by atoms with Gasteiger partial charge in [0.05, 0.1) is 18.3 Å². The van der Waals surface area contributed by atoms with Crippen LogP contribution in [0.5, 0.6) is 0 Å². The number of hydrogen-bond acceptors (Lipinski definition) is 4. The number of amides is 1. The molecule has 1 amide bonds. The third kappa shape index (κ3) is 2.31. The lowest BCUT2D eigenvalue weighted by atomic mass is 10.1. The molecule has 1 saturated carbocycles. The number of benzene rings is 1. The third-order valence-corrected chi connectivity index (χ3v) is 3.69. The Morgan fingerprint density at radius 3 is 2.89 bits per heavy atom. The molecule has 3 N–H and O–H groups in total. The van der Waals surface area contributed by atoms with Gasteiger partial charge in [-0.1, -0.05) is 12.1 Å². The first-order chi connectivity index (χ1) is 9.20. The van der Waals surface area contributed by atoms with E-state index in [1.165, 1.54) is 0 Å². The molecule has 19 heavy (non-hydrogen) atoms. The maximum Gasteiger partial charge on any atom is 0.256 e. The Bertz CT molecular complexity index is 499. The predicted molar refractivity (Wildman–Crippen MR) is 70.9 cm³/mol. The minimum absolute atomic E-state index is 0.0825. The van der Waals surface area contributed by atoms with Crippen LogP contribution in [0.25, 0.3) is 0 Å². The number of aliphatic hydroxyl groups excluding tert-OH is 2. The summed E-state index contributed by atoms with van der Waals surface area (Å²) in [5.74, 6) is 0.0825. The number of fused-ring (bicyclic) bond motifs is 1. The van der Waals surface area contributed by atoms with E-state index in [0.717, 1.165) is 29.7 Å². The van der Waals surface area contributed by atoms with Gasteiger partial charge in [0.15, 0.2) is 0 Å². The van der Waals surface area contributed by atoms with Crippen LogP contribution in [0.4, 0.5) is 5.69 Å². The molecule has 0 spiro atoms. The van der Waals surface area contributed by atoms with Gasteiger partial charge in [0.2, 0.25) is 0 Å². The molecule has 1 aliphatic heterocycles. The second-order valence-corrected chi connectivity index (χ2v) is 5.22. The molecule has 1 heterocycles. The molecular formula is C14H18N2O3. The summed E-state index contributed by atoms with van der Waals surface area (Å²) in [6.45, 7) is 0.644. The van der Waals surface area contributed by atoms with Crippen molar-refractivity contribution in [3.8, 4) is 0 Å². The fraction of sp³-hybridized carbons (Fsp3) is 0.500. The normalized spacial score (nSPS) is 19.5. The molecule has 1 unspecified atom stereocenters. The standard InChI is InChI=1S/C14H18N2O3/c17-8-11(18)6-15-12-3-1-2-9-7-16(10-4-5-10)14(19)13(9)12/h1-3,10-11,15,17-18H,4-8H2. The molecule has 0 bridgehead atoms. The number of hydrogen-bond donors (Lipinski definition) is 3. The predicted octanol–water partition coefficient (Wildman–Crippen LogP) is 0.570. The van der Waals surface area contributed by atoms with Crippen LogP contribution in [-0.2, 0) is 6.54 Å². The Hall–Kier alpha value is -1.59. The van der Waals surface area contributed by atoms with Gasteiger partial charge in [-0.25, -0.2) is 0 Å². The van der Waals surface area contributed by atoms with Crippen LogP contribution in [0, 0.1) is 0 Å². The Morgan fingerprint density at radius 2 is 2.21 bits per heavy atom. The van der Waals surface area contributed by atoms with Gasteiger partial charge in [-0.2, -0.15) is 0 Å². The number of aliphatic hydroxyl groups is 2. The number of rotatable bonds is 5. The molecule has 1 aliphatic carbocycles. The Labute approximate surface area is 111 Å². The van der Waals surface area contributed by atoms with Crippen LogP contribution in [0.2, 0.25) is 0 Å².